The summed E-state index contributed by atoms with van der Waals surface area (Å²) in [5.74, 6) is 0. The van der Waals surface area contributed by atoms with Gasteiger partial charge in [-0.3, -0.25) is 0 Å². The first kappa shape index (κ1) is 15.6. The van der Waals surface area contributed by atoms with Crippen molar-refractivity contribution in [3.63, 3.8) is 0 Å². The van der Waals surface area contributed by atoms with Crippen LogP contribution < -0.4 is 0 Å². The van der Waals surface area contributed by atoms with Crippen LogP contribution in [0.1, 0.15) is 40.0 Å². The number of methoxy groups -OCH3 is 1. The normalized spacial score (nSPS) is 28.9. The lowest BCUT2D eigenvalue weighted by molar-refractivity contribution is -0.0732. The van der Waals surface area contributed by atoms with Crippen molar-refractivity contribution in [2.45, 2.75) is 56.8 Å². The lowest BCUT2D eigenvalue weighted by Crippen LogP contribution is -2.56. The van der Waals surface area contributed by atoms with Crippen LogP contribution in [0, 0.1) is 0 Å². The third kappa shape index (κ3) is 2.53. The Kier molecular flexibility index (Phi) is 3.80. The van der Waals surface area contributed by atoms with Gasteiger partial charge in [-0.2, -0.15) is 0 Å². The van der Waals surface area contributed by atoms with Gasteiger partial charge in [0.2, 0.25) is 0 Å². The maximum absolute atomic E-state index is 12.2. The fraction of sp³-hybridized carbons (Fsp3) is 0.933. The highest BCUT2D eigenvalue weighted by atomic mass is 16.6. The molecule has 0 aromatic rings. The molecule has 1 amide bonds. The quantitative estimate of drug-likeness (QED) is 0.796. The van der Waals surface area contributed by atoms with Gasteiger partial charge in [0.25, 0.3) is 0 Å². The zero-order valence-corrected chi connectivity index (χ0v) is 13.7. The smallest absolute Gasteiger partial charge is 0.410 e. The van der Waals surface area contributed by atoms with Gasteiger partial charge in [-0.1, -0.05) is 0 Å². The Morgan fingerprint density at radius 2 is 1.80 bits per heavy atom. The Balaban J connectivity index is 2.08. The number of amides is 1. The molecule has 2 rings (SSSR count). The Bertz CT molecular complexity index is 385. The minimum atomic E-state index is -0.450. The molecule has 1 saturated heterocycles. The average molecular weight is 284 g/mol. The van der Waals surface area contributed by atoms with Gasteiger partial charge in [-0.05, 0) is 54.1 Å². The van der Waals surface area contributed by atoms with E-state index in [2.05, 4.69) is 19.0 Å². The largest absolute Gasteiger partial charge is 0.444 e. The van der Waals surface area contributed by atoms with Crippen molar-refractivity contribution < 1.29 is 14.3 Å². The predicted molar refractivity (Wildman–Crippen MR) is 77.8 cm³/mol. The van der Waals surface area contributed by atoms with E-state index in [1.165, 1.54) is 0 Å². The van der Waals surface area contributed by atoms with Crippen LogP contribution in [0.5, 0.6) is 0 Å². The third-order valence-corrected chi connectivity index (χ3v) is 4.70. The van der Waals surface area contributed by atoms with Crippen LogP contribution in [0.25, 0.3) is 0 Å². The van der Waals surface area contributed by atoms with Crippen LogP contribution in [-0.4, -0.2) is 66.9 Å². The number of likely N-dealkylation sites (N-methyl/N-ethyl adjacent to an activating group) is 1. The summed E-state index contributed by atoms with van der Waals surface area (Å²) in [5.41, 5.74) is -0.625. The summed E-state index contributed by atoms with van der Waals surface area (Å²) in [5, 5.41) is 0. The maximum atomic E-state index is 12.2. The van der Waals surface area contributed by atoms with Gasteiger partial charge in [0.05, 0.1) is 12.1 Å². The van der Waals surface area contributed by atoms with E-state index >= 15 is 0 Å². The molecule has 0 bridgehead atoms. The van der Waals surface area contributed by atoms with Gasteiger partial charge in [0.1, 0.15) is 11.2 Å². The van der Waals surface area contributed by atoms with Gasteiger partial charge in [-0.25, -0.2) is 4.79 Å². The van der Waals surface area contributed by atoms with Crippen LogP contribution in [0.3, 0.4) is 0 Å². The van der Waals surface area contributed by atoms with Gasteiger partial charge < -0.3 is 19.3 Å². The number of hydrogen-bond acceptors (Lipinski definition) is 4. The standard InChI is InChI=1S/C15H28N2O3/c1-13(2,3)20-12(18)17-10-9-15(11-17,19-6)14(7-8-14)16(4)5/h7-11H2,1-6H3. The number of likely N-dealkylation sites (tertiary alicyclic amines) is 1. The summed E-state index contributed by atoms with van der Waals surface area (Å²) in [6.07, 6.45) is 2.92. The zero-order valence-electron chi connectivity index (χ0n) is 13.7. The fourth-order valence-corrected chi connectivity index (χ4v) is 3.43. The predicted octanol–water partition coefficient (Wildman–Crippen LogP) is 2.11. The second-order valence-corrected chi connectivity index (χ2v) is 7.28. The van der Waals surface area contributed by atoms with Crippen molar-refractivity contribution in [3.05, 3.63) is 0 Å². The van der Waals surface area contributed by atoms with E-state index in [1.54, 1.807) is 12.0 Å². The molecule has 116 valence electrons. The molecule has 0 radical (unpaired) electrons. The molecular formula is C15H28N2O3. The van der Waals surface area contributed by atoms with E-state index in [-0.39, 0.29) is 17.2 Å². The van der Waals surface area contributed by atoms with Crippen LogP contribution in [0.15, 0.2) is 0 Å². The molecule has 1 aliphatic carbocycles. The van der Waals surface area contributed by atoms with Crippen LogP contribution in [0.4, 0.5) is 4.79 Å². The van der Waals surface area contributed by atoms with Crippen molar-refractivity contribution in [2.75, 3.05) is 34.3 Å². The Labute approximate surface area is 122 Å². The van der Waals surface area contributed by atoms with E-state index in [0.717, 1.165) is 19.3 Å². The zero-order chi connectivity index (χ0) is 15.2. The summed E-state index contributed by atoms with van der Waals surface area (Å²) in [4.78, 5) is 16.3. The molecule has 2 aliphatic rings. The molecular weight excluding hydrogens is 256 g/mol. The lowest BCUT2D eigenvalue weighted by atomic mass is 9.89. The number of rotatable bonds is 3. The van der Waals surface area contributed by atoms with Gasteiger partial charge in [-0.15, -0.1) is 0 Å². The third-order valence-electron chi connectivity index (χ3n) is 4.70. The van der Waals surface area contributed by atoms with E-state index in [0.29, 0.717) is 13.1 Å². The van der Waals surface area contributed by atoms with Crippen LogP contribution in [0.2, 0.25) is 0 Å². The summed E-state index contributed by atoms with van der Waals surface area (Å²) in [7, 11) is 5.97. The highest BCUT2D eigenvalue weighted by molar-refractivity contribution is 5.69. The number of carbonyl (C=O) groups excluding carboxylic acids is 1. The summed E-state index contributed by atoms with van der Waals surface area (Å²) < 4.78 is 11.4. The number of nitrogens with zero attached hydrogens (tertiary/aromatic N) is 2. The van der Waals surface area contributed by atoms with E-state index in [9.17, 15) is 4.79 Å². The Morgan fingerprint density at radius 1 is 1.20 bits per heavy atom. The van der Waals surface area contributed by atoms with Crippen molar-refractivity contribution in [1.29, 1.82) is 0 Å². The van der Waals surface area contributed by atoms with Crippen molar-refractivity contribution in [3.8, 4) is 0 Å². The molecule has 5 nitrogen and oxygen atoms in total. The highest BCUT2D eigenvalue weighted by Gasteiger charge is 2.64. The Hall–Kier alpha value is -0.810. The molecule has 5 heteroatoms. The second kappa shape index (κ2) is 4.88. The molecule has 1 saturated carbocycles. The SMILES string of the molecule is COC1(C2(N(C)C)CC2)CCN(C(=O)OC(C)(C)C)C1. The summed E-state index contributed by atoms with van der Waals surface area (Å²) in [6, 6.07) is 0. The van der Waals surface area contributed by atoms with Crippen molar-refractivity contribution >= 4 is 6.09 Å². The topological polar surface area (TPSA) is 42.0 Å². The maximum Gasteiger partial charge on any atom is 0.410 e. The minimum Gasteiger partial charge on any atom is -0.444 e. The average Bonchev–Trinajstić information content (AvgIpc) is 3.02. The molecule has 20 heavy (non-hydrogen) atoms. The highest BCUT2D eigenvalue weighted by Crippen LogP contribution is 2.53. The molecule has 1 aliphatic heterocycles. The molecule has 0 aromatic heterocycles. The number of carbonyl (C=O) groups is 1. The van der Waals surface area contributed by atoms with Gasteiger partial charge >= 0.3 is 6.09 Å². The minimum absolute atomic E-state index is 0.0819. The van der Waals surface area contributed by atoms with Crippen molar-refractivity contribution in [1.82, 2.24) is 9.80 Å². The summed E-state index contributed by atoms with van der Waals surface area (Å²) >= 11 is 0. The Morgan fingerprint density at radius 3 is 2.20 bits per heavy atom. The molecule has 0 N–H and O–H groups in total. The van der Waals surface area contributed by atoms with E-state index in [1.807, 2.05) is 20.8 Å². The second-order valence-electron chi connectivity index (χ2n) is 7.28. The molecule has 1 heterocycles. The van der Waals surface area contributed by atoms with Crippen LogP contribution in [-0.2, 0) is 9.47 Å². The molecule has 0 aromatic carbocycles. The van der Waals surface area contributed by atoms with Crippen LogP contribution >= 0.6 is 0 Å². The van der Waals surface area contributed by atoms with E-state index in [4.69, 9.17) is 9.47 Å². The number of ether oxygens (including phenoxy) is 2. The first-order valence-electron chi connectivity index (χ1n) is 7.36. The molecule has 1 unspecified atom stereocenters. The molecule has 0 spiro atoms. The van der Waals surface area contributed by atoms with Gasteiger partial charge in [0, 0.05) is 13.7 Å². The van der Waals surface area contributed by atoms with E-state index < -0.39 is 5.60 Å². The lowest BCUT2D eigenvalue weighted by Gasteiger charge is -2.41. The van der Waals surface area contributed by atoms with Crippen molar-refractivity contribution in [2.24, 2.45) is 0 Å². The first-order valence-corrected chi connectivity index (χ1v) is 7.36. The molecule has 1 atom stereocenters. The first-order chi connectivity index (χ1) is 9.16. The fourth-order valence-electron chi connectivity index (χ4n) is 3.43. The monoisotopic (exact) mass is 284 g/mol. The number of hydrogen-bond donors (Lipinski definition) is 0. The molecule has 2 fully saturated rings. The van der Waals surface area contributed by atoms with Gasteiger partial charge in [0.15, 0.2) is 0 Å². The summed E-state index contributed by atoms with van der Waals surface area (Å²) in [6.45, 7) is 7.02.